The largest absolute Gasteiger partial charge is 0.416 e. The fraction of sp³-hybridized carbons (Fsp3) is 0.0714. The number of carbonyl (C=O) groups is 1. The van der Waals surface area contributed by atoms with Crippen LogP contribution in [0.4, 0.5) is 18.9 Å². The number of benzene rings is 1. The van der Waals surface area contributed by atoms with Crippen molar-refractivity contribution in [3.8, 4) is 0 Å². The predicted molar refractivity (Wildman–Crippen MR) is 72.4 cm³/mol. The molecule has 112 valence electrons. The van der Waals surface area contributed by atoms with Gasteiger partial charge in [-0.3, -0.25) is 4.79 Å². The first-order valence-corrected chi connectivity index (χ1v) is 6.21. The minimum atomic E-state index is -4.41. The molecule has 8 heteroatoms. The highest BCUT2D eigenvalue weighted by molar-refractivity contribution is 6.02. The van der Waals surface area contributed by atoms with E-state index in [1.54, 1.807) is 16.8 Å². The van der Waals surface area contributed by atoms with E-state index in [4.69, 9.17) is 0 Å². The van der Waals surface area contributed by atoms with E-state index in [2.05, 4.69) is 15.3 Å². The molecule has 0 bridgehead atoms. The highest BCUT2D eigenvalue weighted by Gasteiger charge is 2.30. The number of imidazole rings is 1. The van der Waals surface area contributed by atoms with Crippen molar-refractivity contribution in [3.05, 3.63) is 60.3 Å². The Hall–Kier alpha value is -2.90. The molecule has 2 aromatic heterocycles. The van der Waals surface area contributed by atoms with Crippen LogP contribution in [0.15, 0.2) is 49.1 Å². The average molecular weight is 306 g/mol. The zero-order valence-corrected chi connectivity index (χ0v) is 11.0. The van der Waals surface area contributed by atoms with Gasteiger partial charge in [0.15, 0.2) is 5.65 Å². The summed E-state index contributed by atoms with van der Waals surface area (Å²) in [7, 11) is 0. The molecule has 3 rings (SSSR count). The first-order chi connectivity index (χ1) is 10.4. The van der Waals surface area contributed by atoms with Crippen molar-refractivity contribution in [2.45, 2.75) is 6.18 Å². The fourth-order valence-corrected chi connectivity index (χ4v) is 1.88. The number of hydrogen-bond acceptors (Lipinski definition) is 3. The van der Waals surface area contributed by atoms with Crippen LogP contribution in [0.2, 0.25) is 0 Å². The van der Waals surface area contributed by atoms with Crippen LogP contribution in [0.5, 0.6) is 0 Å². The van der Waals surface area contributed by atoms with E-state index in [1.165, 1.54) is 24.5 Å². The molecular weight excluding hydrogens is 297 g/mol. The number of aromatic nitrogens is 3. The van der Waals surface area contributed by atoms with Crippen LogP contribution in [0.3, 0.4) is 0 Å². The number of rotatable bonds is 2. The summed E-state index contributed by atoms with van der Waals surface area (Å²) in [5.41, 5.74) is 0.200. The highest BCUT2D eigenvalue weighted by Crippen LogP contribution is 2.29. The molecule has 0 fully saturated rings. The first kappa shape index (κ1) is 14.1. The summed E-state index contributed by atoms with van der Waals surface area (Å²) in [5.74, 6) is -0.518. The van der Waals surface area contributed by atoms with Crippen molar-refractivity contribution < 1.29 is 18.0 Å². The number of nitrogens with one attached hydrogen (secondary N) is 1. The Morgan fingerprint density at radius 3 is 2.55 bits per heavy atom. The molecule has 1 aromatic carbocycles. The van der Waals surface area contributed by atoms with E-state index in [0.717, 1.165) is 12.1 Å². The smallest absolute Gasteiger partial charge is 0.321 e. The zero-order chi connectivity index (χ0) is 15.7. The lowest BCUT2D eigenvalue weighted by Gasteiger charge is -2.08. The summed E-state index contributed by atoms with van der Waals surface area (Å²) in [4.78, 5) is 20.0. The Kier molecular flexibility index (Phi) is 3.28. The minimum Gasteiger partial charge on any atom is -0.321 e. The Balaban J connectivity index is 1.78. The number of halogens is 3. The lowest BCUT2D eigenvalue weighted by molar-refractivity contribution is -0.137. The molecule has 1 amide bonds. The third-order valence-corrected chi connectivity index (χ3v) is 2.98. The summed E-state index contributed by atoms with van der Waals surface area (Å²) in [6, 6.07) is 4.19. The van der Waals surface area contributed by atoms with Gasteiger partial charge in [-0.05, 0) is 24.3 Å². The molecule has 0 aliphatic heterocycles. The van der Waals surface area contributed by atoms with Crippen LogP contribution in [0.1, 0.15) is 16.1 Å². The standard InChI is InChI=1S/C14H9F3N4O/c15-14(16,17)9-1-3-10(4-2-9)20-13(22)11-8-21-6-5-18-12(21)7-19-11/h1-8H,(H,20,22). The zero-order valence-electron chi connectivity index (χ0n) is 11.0. The number of hydrogen-bond donors (Lipinski definition) is 1. The van der Waals surface area contributed by atoms with E-state index < -0.39 is 17.6 Å². The van der Waals surface area contributed by atoms with Gasteiger partial charge in [0.1, 0.15) is 5.69 Å². The lowest BCUT2D eigenvalue weighted by Crippen LogP contribution is -2.14. The maximum absolute atomic E-state index is 12.5. The van der Waals surface area contributed by atoms with Gasteiger partial charge in [0.05, 0.1) is 11.8 Å². The molecule has 0 aliphatic rings. The molecule has 0 saturated carbocycles. The second-order valence-electron chi connectivity index (χ2n) is 4.49. The van der Waals surface area contributed by atoms with Gasteiger partial charge in [0, 0.05) is 24.3 Å². The molecule has 0 radical (unpaired) electrons. The van der Waals surface area contributed by atoms with Gasteiger partial charge < -0.3 is 9.72 Å². The Morgan fingerprint density at radius 1 is 1.14 bits per heavy atom. The third kappa shape index (κ3) is 2.76. The summed E-state index contributed by atoms with van der Waals surface area (Å²) in [5, 5.41) is 2.49. The van der Waals surface area contributed by atoms with Crippen molar-refractivity contribution in [1.82, 2.24) is 14.4 Å². The van der Waals surface area contributed by atoms with Crippen molar-refractivity contribution >= 4 is 17.2 Å². The number of fused-ring (bicyclic) bond motifs is 1. The van der Waals surface area contributed by atoms with E-state index in [1.807, 2.05) is 0 Å². The summed E-state index contributed by atoms with van der Waals surface area (Å²) in [6.07, 6.45) is 1.74. The second-order valence-corrected chi connectivity index (χ2v) is 4.49. The number of alkyl halides is 3. The Labute approximate surface area is 122 Å². The SMILES string of the molecule is O=C(Nc1ccc(C(F)(F)F)cc1)c1cn2ccnc2cn1. The molecule has 5 nitrogen and oxygen atoms in total. The van der Waals surface area contributed by atoms with Gasteiger partial charge in [-0.25, -0.2) is 9.97 Å². The molecule has 0 atom stereocenters. The van der Waals surface area contributed by atoms with Gasteiger partial charge >= 0.3 is 6.18 Å². The van der Waals surface area contributed by atoms with Crippen LogP contribution >= 0.6 is 0 Å². The quantitative estimate of drug-likeness (QED) is 0.792. The van der Waals surface area contributed by atoms with Gasteiger partial charge in [-0.1, -0.05) is 0 Å². The Morgan fingerprint density at radius 2 is 1.86 bits per heavy atom. The number of anilines is 1. The van der Waals surface area contributed by atoms with Crippen molar-refractivity contribution in [2.24, 2.45) is 0 Å². The maximum atomic E-state index is 12.5. The predicted octanol–water partition coefficient (Wildman–Crippen LogP) is 3.00. The number of nitrogens with zero attached hydrogens (tertiary/aromatic N) is 3. The van der Waals surface area contributed by atoms with Crippen molar-refractivity contribution in [3.63, 3.8) is 0 Å². The topological polar surface area (TPSA) is 59.3 Å². The maximum Gasteiger partial charge on any atom is 0.416 e. The average Bonchev–Trinajstić information content (AvgIpc) is 2.94. The van der Waals surface area contributed by atoms with Crippen molar-refractivity contribution in [2.75, 3.05) is 5.32 Å². The first-order valence-electron chi connectivity index (χ1n) is 6.21. The van der Waals surface area contributed by atoms with Gasteiger partial charge in [-0.2, -0.15) is 13.2 Å². The van der Waals surface area contributed by atoms with Crippen LogP contribution in [0.25, 0.3) is 5.65 Å². The summed E-state index contributed by atoms with van der Waals surface area (Å²) < 4.78 is 39.0. The van der Waals surface area contributed by atoms with Gasteiger partial charge in [0.2, 0.25) is 0 Å². The van der Waals surface area contributed by atoms with Gasteiger partial charge in [-0.15, -0.1) is 0 Å². The third-order valence-electron chi connectivity index (χ3n) is 2.98. The molecule has 1 N–H and O–H groups in total. The molecule has 0 unspecified atom stereocenters. The second kappa shape index (κ2) is 5.14. The summed E-state index contributed by atoms with van der Waals surface area (Å²) in [6.45, 7) is 0. The molecule has 3 aromatic rings. The van der Waals surface area contributed by atoms with Crippen molar-refractivity contribution in [1.29, 1.82) is 0 Å². The van der Waals surface area contributed by atoms with Crippen LogP contribution in [0, 0.1) is 0 Å². The van der Waals surface area contributed by atoms with Crippen LogP contribution in [-0.2, 0) is 6.18 Å². The number of carbonyl (C=O) groups excluding carboxylic acids is 1. The molecule has 0 aliphatic carbocycles. The van der Waals surface area contributed by atoms with E-state index >= 15 is 0 Å². The van der Waals surface area contributed by atoms with Gasteiger partial charge in [0.25, 0.3) is 5.91 Å². The van der Waals surface area contributed by atoms with E-state index in [0.29, 0.717) is 5.65 Å². The lowest BCUT2D eigenvalue weighted by atomic mass is 10.2. The molecule has 2 heterocycles. The van der Waals surface area contributed by atoms with Crippen LogP contribution in [-0.4, -0.2) is 20.3 Å². The molecule has 0 spiro atoms. The molecular formula is C14H9F3N4O. The highest BCUT2D eigenvalue weighted by atomic mass is 19.4. The fourth-order valence-electron chi connectivity index (χ4n) is 1.88. The molecule has 22 heavy (non-hydrogen) atoms. The Bertz CT molecular complexity index is 824. The summed E-state index contributed by atoms with van der Waals surface area (Å²) >= 11 is 0. The number of amides is 1. The van der Waals surface area contributed by atoms with E-state index in [9.17, 15) is 18.0 Å². The normalized spacial score (nSPS) is 11.6. The monoisotopic (exact) mass is 306 g/mol. The van der Waals surface area contributed by atoms with Crippen LogP contribution < -0.4 is 5.32 Å². The molecule has 0 saturated heterocycles. The minimum absolute atomic E-state index is 0.130. The van der Waals surface area contributed by atoms with E-state index in [-0.39, 0.29) is 11.4 Å².